The SMILES string of the molecule is CCN[C@@H]1CCN(c2cnc(C(=O)Nc3cn4cc(C)nc4c(OC)n3)cn2)C1. The van der Waals surface area contributed by atoms with Gasteiger partial charge in [-0.2, -0.15) is 4.98 Å². The summed E-state index contributed by atoms with van der Waals surface area (Å²) in [5.74, 6) is 1.07. The van der Waals surface area contributed by atoms with Gasteiger partial charge >= 0.3 is 0 Å². The molecule has 2 N–H and O–H groups in total. The molecule has 1 fully saturated rings. The number of amides is 1. The molecule has 0 aliphatic carbocycles. The minimum absolute atomic E-state index is 0.221. The van der Waals surface area contributed by atoms with Gasteiger partial charge in [0.2, 0.25) is 5.65 Å². The van der Waals surface area contributed by atoms with Gasteiger partial charge in [0, 0.05) is 25.3 Å². The van der Waals surface area contributed by atoms with Crippen molar-refractivity contribution in [3.05, 3.63) is 36.2 Å². The molecular formula is C19H24N8O2. The Morgan fingerprint density at radius 2 is 2.14 bits per heavy atom. The average molecular weight is 396 g/mol. The maximum absolute atomic E-state index is 12.6. The number of imidazole rings is 1. The molecule has 0 aromatic carbocycles. The number of methoxy groups -OCH3 is 1. The summed E-state index contributed by atoms with van der Waals surface area (Å²) in [6.07, 6.45) is 7.71. The summed E-state index contributed by atoms with van der Waals surface area (Å²) in [5.41, 5.74) is 1.64. The number of fused-ring (bicyclic) bond motifs is 1. The van der Waals surface area contributed by atoms with Crippen LogP contribution in [0.5, 0.6) is 5.88 Å². The standard InChI is InChI=1S/C19H24N8O2/c1-4-20-13-5-6-26(10-13)16-8-21-14(7-22-16)18(28)24-15-11-27-9-12(2)23-17(27)19(25-15)29-3/h7-9,11,13,20H,4-6,10H2,1-3H3,(H,24,28)/t13-/m1/s1. The molecule has 1 aliphatic heterocycles. The third kappa shape index (κ3) is 3.97. The van der Waals surface area contributed by atoms with Crippen molar-refractivity contribution >= 4 is 23.2 Å². The van der Waals surface area contributed by atoms with E-state index in [-0.39, 0.29) is 11.6 Å². The molecule has 1 saturated heterocycles. The molecule has 4 heterocycles. The number of aryl methyl sites for hydroxylation is 1. The number of likely N-dealkylation sites (N-methyl/N-ethyl adjacent to an activating group) is 1. The molecule has 1 aliphatic rings. The summed E-state index contributed by atoms with van der Waals surface area (Å²) in [5, 5.41) is 6.19. The lowest BCUT2D eigenvalue weighted by atomic mass is 10.3. The third-order valence-electron chi connectivity index (χ3n) is 4.84. The van der Waals surface area contributed by atoms with E-state index in [4.69, 9.17) is 4.74 Å². The van der Waals surface area contributed by atoms with Crippen LogP contribution in [-0.4, -0.2) is 63.0 Å². The number of aromatic nitrogens is 5. The Morgan fingerprint density at radius 3 is 2.86 bits per heavy atom. The van der Waals surface area contributed by atoms with Crippen LogP contribution in [0.2, 0.25) is 0 Å². The lowest BCUT2D eigenvalue weighted by Crippen LogP contribution is -2.32. The topological polar surface area (TPSA) is 110 Å². The molecule has 1 amide bonds. The Balaban J connectivity index is 1.47. The second kappa shape index (κ2) is 8.00. The molecule has 29 heavy (non-hydrogen) atoms. The number of rotatable bonds is 6. The number of carbonyl (C=O) groups is 1. The van der Waals surface area contributed by atoms with Crippen molar-refractivity contribution in [2.75, 3.05) is 37.0 Å². The highest BCUT2D eigenvalue weighted by Gasteiger charge is 2.23. The van der Waals surface area contributed by atoms with Crippen molar-refractivity contribution in [1.82, 2.24) is 29.7 Å². The number of hydrogen-bond donors (Lipinski definition) is 2. The number of nitrogens with zero attached hydrogens (tertiary/aromatic N) is 6. The van der Waals surface area contributed by atoms with Crippen molar-refractivity contribution < 1.29 is 9.53 Å². The second-order valence-corrected chi connectivity index (χ2v) is 6.95. The second-order valence-electron chi connectivity index (χ2n) is 6.95. The van der Waals surface area contributed by atoms with Gasteiger partial charge in [0.15, 0.2) is 5.82 Å². The van der Waals surface area contributed by atoms with Gasteiger partial charge in [0.1, 0.15) is 11.5 Å². The third-order valence-corrected chi connectivity index (χ3v) is 4.84. The largest absolute Gasteiger partial charge is 0.478 e. The van der Waals surface area contributed by atoms with Crippen molar-refractivity contribution in [1.29, 1.82) is 0 Å². The van der Waals surface area contributed by atoms with Gasteiger partial charge in [-0.15, -0.1) is 0 Å². The van der Waals surface area contributed by atoms with Crippen LogP contribution in [0.1, 0.15) is 29.5 Å². The highest BCUT2D eigenvalue weighted by Crippen LogP contribution is 2.20. The van der Waals surface area contributed by atoms with Crippen LogP contribution in [0.15, 0.2) is 24.8 Å². The molecule has 0 radical (unpaired) electrons. The number of carbonyl (C=O) groups excluding carboxylic acids is 1. The molecule has 0 unspecified atom stereocenters. The minimum Gasteiger partial charge on any atom is -0.478 e. The first-order valence-corrected chi connectivity index (χ1v) is 9.59. The van der Waals surface area contributed by atoms with Crippen LogP contribution in [0.4, 0.5) is 11.6 Å². The monoisotopic (exact) mass is 396 g/mol. The Kier molecular flexibility index (Phi) is 5.26. The fraction of sp³-hybridized carbons (Fsp3) is 0.421. The van der Waals surface area contributed by atoms with Crippen LogP contribution in [0, 0.1) is 6.92 Å². The predicted octanol–water partition coefficient (Wildman–Crippen LogP) is 1.28. The van der Waals surface area contributed by atoms with E-state index in [1.807, 2.05) is 13.1 Å². The van der Waals surface area contributed by atoms with Gasteiger partial charge in [-0.25, -0.2) is 15.0 Å². The predicted molar refractivity (Wildman–Crippen MR) is 109 cm³/mol. The molecule has 3 aromatic rings. The molecule has 4 rings (SSSR count). The summed E-state index contributed by atoms with van der Waals surface area (Å²) in [4.78, 5) is 32.1. The zero-order valence-electron chi connectivity index (χ0n) is 16.7. The maximum atomic E-state index is 12.6. The number of nitrogens with one attached hydrogen (secondary N) is 2. The fourth-order valence-corrected chi connectivity index (χ4v) is 3.50. The first kappa shape index (κ1) is 19.1. The summed E-state index contributed by atoms with van der Waals surface area (Å²) in [6, 6.07) is 0.465. The quantitative estimate of drug-likeness (QED) is 0.641. The van der Waals surface area contributed by atoms with Gasteiger partial charge in [-0.05, 0) is 19.9 Å². The lowest BCUT2D eigenvalue weighted by molar-refractivity contribution is 0.102. The van der Waals surface area contributed by atoms with Crippen LogP contribution < -0.4 is 20.3 Å². The van der Waals surface area contributed by atoms with E-state index in [1.165, 1.54) is 13.3 Å². The van der Waals surface area contributed by atoms with Crippen LogP contribution in [0.25, 0.3) is 5.65 Å². The Morgan fingerprint density at radius 1 is 1.28 bits per heavy atom. The molecule has 1 atom stereocenters. The van der Waals surface area contributed by atoms with Crippen molar-refractivity contribution in [2.45, 2.75) is 26.3 Å². The van der Waals surface area contributed by atoms with E-state index in [2.05, 4.69) is 42.4 Å². The Hall–Kier alpha value is -3.27. The van der Waals surface area contributed by atoms with Gasteiger partial charge in [0.05, 0.1) is 31.4 Å². The van der Waals surface area contributed by atoms with E-state index >= 15 is 0 Å². The zero-order chi connectivity index (χ0) is 20.4. The molecular weight excluding hydrogens is 372 g/mol. The van der Waals surface area contributed by atoms with E-state index in [9.17, 15) is 4.79 Å². The molecule has 0 spiro atoms. The van der Waals surface area contributed by atoms with Gasteiger partial charge < -0.3 is 20.3 Å². The molecule has 10 heteroatoms. The Bertz CT molecular complexity index is 1020. The average Bonchev–Trinajstić information content (AvgIpc) is 3.33. The van der Waals surface area contributed by atoms with Crippen LogP contribution >= 0.6 is 0 Å². The van der Waals surface area contributed by atoms with E-state index in [0.717, 1.165) is 37.6 Å². The minimum atomic E-state index is -0.387. The van der Waals surface area contributed by atoms with Gasteiger partial charge in [-0.3, -0.25) is 9.20 Å². The Labute approximate surface area is 168 Å². The van der Waals surface area contributed by atoms with E-state index in [0.29, 0.717) is 23.4 Å². The highest BCUT2D eigenvalue weighted by atomic mass is 16.5. The highest BCUT2D eigenvalue weighted by molar-refractivity contribution is 6.02. The van der Waals surface area contributed by atoms with Crippen molar-refractivity contribution in [3.63, 3.8) is 0 Å². The van der Waals surface area contributed by atoms with E-state index in [1.54, 1.807) is 16.8 Å². The van der Waals surface area contributed by atoms with Gasteiger partial charge in [-0.1, -0.05) is 6.92 Å². The first-order valence-electron chi connectivity index (χ1n) is 9.59. The van der Waals surface area contributed by atoms with E-state index < -0.39 is 0 Å². The van der Waals surface area contributed by atoms with Crippen LogP contribution in [-0.2, 0) is 0 Å². The van der Waals surface area contributed by atoms with Crippen molar-refractivity contribution in [2.24, 2.45) is 0 Å². The summed E-state index contributed by atoms with van der Waals surface area (Å²) in [6.45, 7) is 6.75. The number of anilines is 2. The molecule has 0 bridgehead atoms. The molecule has 3 aromatic heterocycles. The number of ether oxygens (including phenoxy) is 1. The first-order chi connectivity index (χ1) is 14.1. The smallest absolute Gasteiger partial charge is 0.277 e. The summed E-state index contributed by atoms with van der Waals surface area (Å²) >= 11 is 0. The summed E-state index contributed by atoms with van der Waals surface area (Å²) in [7, 11) is 1.51. The van der Waals surface area contributed by atoms with Crippen LogP contribution in [0.3, 0.4) is 0 Å². The number of hydrogen-bond acceptors (Lipinski definition) is 8. The lowest BCUT2D eigenvalue weighted by Gasteiger charge is -2.17. The molecule has 0 saturated carbocycles. The zero-order valence-corrected chi connectivity index (χ0v) is 16.7. The van der Waals surface area contributed by atoms with Gasteiger partial charge in [0.25, 0.3) is 11.8 Å². The normalized spacial score (nSPS) is 16.4. The molecule has 152 valence electrons. The maximum Gasteiger partial charge on any atom is 0.277 e. The fourth-order valence-electron chi connectivity index (χ4n) is 3.50. The van der Waals surface area contributed by atoms with Crippen molar-refractivity contribution in [3.8, 4) is 5.88 Å². The molecule has 10 nitrogen and oxygen atoms in total. The summed E-state index contributed by atoms with van der Waals surface area (Å²) < 4.78 is 7.05.